The molecule has 0 N–H and O–H groups in total. The average molecular weight is 239 g/mol. The van der Waals surface area contributed by atoms with E-state index < -0.39 is 11.6 Å². The first-order valence-corrected chi connectivity index (χ1v) is 5.53. The molecule has 1 aromatic carbocycles. The summed E-state index contributed by atoms with van der Waals surface area (Å²) in [5, 5.41) is 0. The van der Waals surface area contributed by atoms with Crippen LogP contribution < -0.4 is 4.74 Å². The van der Waals surface area contributed by atoms with E-state index in [1.165, 1.54) is 19.2 Å². The highest BCUT2D eigenvalue weighted by atomic mass is 19.1. The fraction of sp³-hybridized carbons (Fsp3) is 0.385. The van der Waals surface area contributed by atoms with Crippen molar-refractivity contribution in [1.29, 1.82) is 0 Å². The largest absolute Gasteiger partial charge is 0.491 e. The molecule has 0 atom stereocenters. The SMILES string of the molecule is COc1c(F)ccc(C2=CCN(C)CC2)c1F. The van der Waals surface area contributed by atoms with Crippen LogP contribution in [0.15, 0.2) is 18.2 Å². The third-order valence-corrected chi connectivity index (χ3v) is 3.01. The predicted molar refractivity (Wildman–Crippen MR) is 63.0 cm³/mol. The van der Waals surface area contributed by atoms with Crippen molar-refractivity contribution in [3.05, 3.63) is 35.4 Å². The molecule has 2 nitrogen and oxygen atoms in total. The Kier molecular flexibility index (Phi) is 3.43. The van der Waals surface area contributed by atoms with Crippen molar-refractivity contribution in [3.63, 3.8) is 0 Å². The maximum absolute atomic E-state index is 14.0. The zero-order valence-corrected chi connectivity index (χ0v) is 9.96. The summed E-state index contributed by atoms with van der Waals surface area (Å²) in [5.74, 6) is -1.58. The molecule has 1 heterocycles. The van der Waals surface area contributed by atoms with Gasteiger partial charge in [0.1, 0.15) is 0 Å². The zero-order chi connectivity index (χ0) is 12.4. The van der Waals surface area contributed by atoms with Crippen LogP contribution in [0, 0.1) is 11.6 Å². The van der Waals surface area contributed by atoms with E-state index in [1.807, 2.05) is 13.1 Å². The second kappa shape index (κ2) is 4.84. The Hall–Kier alpha value is -1.42. The minimum absolute atomic E-state index is 0.303. The Labute approximate surface area is 99.5 Å². The van der Waals surface area contributed by atoms with Crippen LogP contribution in [0.3, 0.4) is 0 Å². The Balaban J connectivity index is 2.40. The van der Waals surface area contributed by atoms with Gasteiger partial charge in [0.2, 0.25) is 0 Å². The van der Waals surface area contributed by atoms with E-state index in [-0.39, 0.29) is 5.75 Å². The van der Waals surface area contributed by atoms with Crippen LogP contribution in [0.2, 0.25) is 0 Å². The Morgan fingerprint density at radius 1 is 1.29 bits per heavy atom. The van der Waals surface area contributed by atoms with E-state index >= 15 is 0 Å². The Morgan fingerprint density at radius 2 is 2.06 bits per heavy atom. The molecule has 0 spiro atoms. The van der Waals surface area contributed by atoms with Gasteiger partial charge < -0.3 is 9.64 Å². The molecule has 0 aromatic heterocycles. The summed E-state index contributed by atoms with van der Waals surface area (Å²) in [6.45, 7) is 1.67. The molecule has 0 saturated carbocycles. The highest BCUT2D eigenvalue weighted by molar-refractivity contribution is 5.68. The summed E-state index contributed by atoms with van der Waals surface area (Å²) in [7, 11) is 3.28. The Bertz CT molecular complexity index is 457. The number of ether oxygens (including phenoxy) is 1. The maximum atomic E-state index is 14.0. The fourth-order valence-corrected chi connectivity index (χ4v) is 1.98. The van der Waals surface area contributed by atoms with E-state index in [0.717, 1.165) is 25.1 Å². The van der Waals surface area contributed by atoms with Gasteiger partial charge in [0.15, 0.2) is 17.4 Å². The lowest BCUT2D eigenvalue weighted by atomic mass is 9.99. The van der Waals surface area contributed by atoms with Gasteiger partial charge in [-0.2, -0.15) is 0 Å². The topological polar surface area (TPSA) is 12.5 Å². The van der Waals surface area contributed by atoms with Crippen molar-refractivity contribution in [1.82, 2.24) is 4.90 Å². The summed E-state index contributed by atoms with van der Waals surface area (Å²) < 4.78 is 32.0. The van der Waals surface area contributed by atoms with Gasteiger partial charge in [0.25, 0.3) is 0 Å². The third-order valence-electron chi connectivity index (χ3n) is 3.01. The van der Waals surface area contributed by atoms with Crippen LogP contribution in [0.1, 0.15) is 12.0 Å². The molecule has 2 rings (SSSR count). The molecule has 1 aromatic rings. The molecular formula is C13H15F2NO. The normalized spacial score (nSPS) is 16.8. The van der Waals surface area contributed by atoms with Gasteiger partial charge in [0, 0.05) is 18.7 Å². The first-order valence-electron chi connectivity index (χ1n) is 5.53. The quantitative estimate of drug-likeness (QED) is 0.786. The molecule has 4 heteroatoms. The van der Waals surface area contributed by atoms with E-state index in [2.05, 4.69) is 4.90 Å². The number of hydrogen-bond donors (Lipinski definition) is 0. The van der Waals surface area contributed by atoms with Gasteiger partial charge in [-0.25, -0.2) is 8.78 Å². The zero-order valence-electron chi connectivity index (χ0n) is 9.96. The van der Waals surface area contributed by atoms with Crippen molar-refractivity contribution in [3.8, 4) is 5.75 Å². The van der Waals surface area contributed by atoms with Crippen molar-refractivity contribution < 1.29 is 13.5 Å². The lowest BCUT2D eigenvalue weighted by molar-refractivity contribution is 0.357. The predicted octanol–water partition coefficient (Wildman–Crippen LogP) is 2.69. The van der Waals surface area contributed by atoms with E-state index in [1.54, 1.807) is 0 Å². The fourth-order valence-electron chi connectivity index (χ4n) is 1.98. The monoisotopic (exact) mass is 239 g/mol. The molecule has 92 valence electrons. The van der Waals surface area contributed by atoms with Gasteiger partial charge in [0.05, 0.1) is 7.11 Å². The van der Waals surface area contributed by atoms with Crippen molar-refractivity contribution in [2.24, 2.45) is 0 Å². The molecule has 1 aliphatic rings. The van der Waals surface area contributed by atoms with E-state index in [9.17, 15) is 8.78 Å². The first-order chi connectivity index (χ1) is 8.13. The average Bonchev–Trinajstić information content (AvgIpc) is 2.31. The van der Waals surface area contributed by atoms with Crippen molar-refractivity contribution in [2.45, 2.75) is 6.42 Å². The van der Waals surface area contributed by atoms with Crippen LogP contribution in [0.4, 0.5) is 8.78 Å². The summed E-state index contributed by atoms with van der Waals surface area (Å²) in [6.07, 6.45) is 2.74. The van der Waals surface area contributed by atoms with Crippen LogP contribution in [-0.4, -0.2) is 32.1 Å². The van der Waals surface area contributed by atoms with Crippen LogP contribution in [0.5, 0.6) is 5.75 Å². The number of hydrogen-bond acceptors (Lipinski definition) is 2. The molecule has 0 amide bonds. The second-order valence-electron chi connectivity index (χ2n) is 4.18. The number of benzene rings is 1. The van der Waals surface area contributed by atoms with Gasteiger partial charge >= 0.3 is 0 Å². The van der Waals surface area contributed by atoms with Crippen LogP contribution in [-0.2, 0) is 0 Å². The lowest BCUT2D eigenvalue weighted by Gasteiger charge is -2.22. The number of methoxy groups -OCH3 is 1. The van der Waals surface area contributed by atoms with Crippen LogP contribution in [0.25, 0.3) is 5.57 Å². The standard InChI is InChI=1S/C13H15F2NO/c1-16-7-5-9(6-8-16)10-3-4-11(14)13(17-2)12(10)15/h3-5H,6-8H2,1-2H3. The number of rotatable bonds is 2. The molecule has 1 aliphatic heterocycles. The molecule has 0 aliphatic carbocycles. The number of nitrogens with zero attached hydrogens (tertiary/aromatic N) is 1. The van der Waals surface area contributed by atoms with Crippen LogP contribution >= 0.6 is 0 Å². The number of halogens is 2. The highest BCUT2D eigenvalue weighted by Crippen LogP contribution is 2.31. The summed E-state index contributed by atoms with van der Waals surface area (Å²) in [4.78, 5) is 2.14. The maximum Gasteiger partial charge on any atom is 0.190 e. The highest BCUT2D eigenvalue weighted by Gasteiger charge is 2.18. The smallest absolute Gasteiger partial charge is 0.190 e. The summed E-state index contributed by atoms with van der Waals surface area (Å²) in [6, 6.07) is 2.72. The molecule has 0 bridgehead atoms. The lowest BCUT2D eigenvalue weighted by Crippen LogP contribution is -2.23. The van der Waals surface area contributed by atoms with Crippen molar-refractivity contribution in [2.75, 3.05) is 27.2 Å². The van der Waals surface area contributed by atoms with Gasteiger partial charge in [-0.1, -0.05) is 6.08 Å². The van der Waals surface area contributed by atoms with Gasteiger partial charge in [-0.3, -0.25) is 0 Å². The molecular weight excluding hydrogens is 224 g/mol. The Morgan fingerprint density at radius 3 is 2.65 bits per heavy atom. The molecule has 0 saturated heterocycles. The summed E-state index contributed by atoms with van der Waals surface area (Å²) >= 11 is 0. The molecule has 0 radical (unpaired) electrons. The minimum atomic E-state index is -0.665. The molecule has 17 heavy (non-hydrogen) atoms. The van der Waals surface area contributed by atoms with Gasteiger partial charge in [-0.15, -0.1) is 0 Å². The minimum Gasteiger partial charge on any atom is -0.491 e. The summed E-state index contributed by atoms with van der Waals surface area (Å²) in [5.41, 5.74) is 1.36. The second-order valence-corrected chi connectivity index (χ2v) is 4.18. The van der Waals surface area contributed by atoms with E-state index in [4.69, 9.17) is 4.74 Å². The number of likely N-dealkylation sites (N-methyl/N-ethyl adjacent to an activating group) is 1. The third kappa shape index (κ3) is 2.31. The van der Waals surface area contributed by atoms with E-state index in [0.29, 0.717) is 5.56 Å². The molecule has 0 fully saturated rings. The van der Waals surface area contributed by atoms with Gasteiger partial charge in [-0.05, 0) is 31.2 Å². The first kappa shape index (κ1) is 12.0. The van der Waals surface area contributed by atoms with Crippen molar-refractivity contribution >= 4 is 5.57 Å². The molecule has 0 unspecified atom stereocenters.